The monoisotopic (exact) mass is 477 g/mol. The standard InChI is InChI=1S/C29H31N7/c1-20-3-6-24(16-23(20)7-4-22-17-30-29(31-18-22)32-25-8-9-25)28-33-26-10-5-21(15-27(26)34-28)19-36-13-11-35(2)12-14-36/h3,5-6,10,15-18,25H,8-9,11-14,19H2,1-2H3,(H,33,34)(H,30,31,32). The van der Waals surface area contributed by atoms with Crippen molar-refractivity contribution in [3.8, 4) is 23.2 Å². The van der Waals surface area contributed by atoms with E-state index in [0.29, 0.717) is 12.0 Å². The summed E-state index contributed by atoms with van der Waals surface area (Å²) in [5.41, 5.74) is 7.31. The minimum Gasteiger partial charge on any atom is -0.351 e. The Morgan fingerprint density at radius 3 is 2.58 bits per heavy atom. The Bertz CT molecular complexity index is 1430. The first-order valence-corrected chi connectivity index (χ1v) is 12.7. The summed E-state index contributed by atoms with van der Waals surface area (Å²) in [5, 5.41) is 3.30. The highest BCUT2D eigenvalue weighted by molar-refractivity contribution is 5.80. The Kier molecular flexibility index (Phi) is 6.14. The van der Waals surface area contributed by atoms with Gasteiger partial charge in [0.1, 0.15) is 5.82 Å². The first-order chi connectivity index (χ1) is 17.6. The maximum atomic E-state index is 4.86. The molecule has 0 atom stereocenters. The molecule has 0 radical (unpaired) electrons. The molecule has 2 aliphatic rings. The number of aromatic nitrogens is 4. The van der Waals surface area contributed by atoms with Crippen molar-refractivity contribution in [2.45, 2.75) is 32.4 Å². The summed E-state index contributed by atoms with van der Waals surface area (Å²) in [6.07, 6.45) is 5.96. The summed E-state index contributed by atoms with van der Waals surface area (Å²) < 4.78 is 0. The molecule has 1 aliphatic carbocycles. The molecular weight excluding hydrogens is 446 g/mol. The van der Waals surface area contributed by atoms with Crippen molar-refractivity contribution in [3.05, 3.63) is 71.0 Å². The van der Waals surface area contributed by atoms with Crippen LogP contribution in [0.15, 0.2) is 48.8 Å². The zero-order chi connectivity index (χ0) is 24.5. The van der Waals surface area contributed by atoms with Gasteiger partial charge < -0.3 is 15.2 Å². The van der Waals surface area contributed by atoms with Crippen LogP contribution in [0, 0.1) is 18.8 Å². The summed E-state index contributed by atoms with van der Waals surface area (Å²) in [6.45, 7) is 7.54. The number of likely N-dealkylation sites (N-methyl/N-ethyl adjacent to an activating group) is 1. The molecule has 0 bridgehead atoms. The SMILES string of the molecule is Cc1ccc(-c2nc3ccc(CN4CCN(C)CC4)cc3[nH]2)cc1C#Cc1cnc(NC2CC2)nc1. The van der Waals surface area contributed by atoms with Gasteiger partial charge in [0.25, 0.3) is 0 Å². The molecule has 0 spiro atoms. The van der Waals surface area contributed by atoms with Crippen LogP contribution in [0.4, 0.5) is 5.95 Å². The van der Waals surface area contributed by atoms with Gasteiger partial charge in [-0.15, -0.1) is 0 Å². The van der Waals surface area contributed by atoms with E-state index in [1.807, 2.05) is 0 Å². The van der Waals surface area contributed by atoms with Crippen LogP contribution in [-0.4, -0.2) is 69.0 Å². The van der Waals surface area contributed by atoms with Crippen molar-refractivity contribution >= 4 is 17.0 Å². The molecule has 36 heavy (non-hydrogen) atoms. The number of hydrogen-bond donors (Lipinski definition) is 2. The van der Waals surface area contributed by atoms with E-state index < -0.39 is 0 Å². The summed E-state index contributed by atoms with van der Waals surface area (Å²) >= 11 is 0. The average molecular weight is 478 g/mol. The Morgan fingerprint density at radius 1 is 1.00 bits per heavy atom. The number of fused-ring (bicyclic) bond motifs is 1. The molecule has 3 heterocycles. The number of aryl methyl sites for hydroxylation is 1. The molecule has 7 heteroatoms. The van der Waals surface area contributed by atoms with Crippen molar-refractivity contribution in [1.82, 2.24) is 29.7 Å². The lowest BCUT2D eigenvalue weighted by Gasteiger charge is -2.32. The van der Waals surface area contributed by atoms with E-state index in [2.05, 4.69) is 92.3 Å². The summed E-state index contributed by atoms with van der Waals surface area (Å²) in [5.74, 6) is 8.06. The van der Waals surface area contributed by atoms with Crippen LogP contribution in [0.2, 0.25) is 0 Å². The molecule has 2 aromatic heterocycles. The Balaban J connectivity index is 1.20. The fourth-order valence-corrected chi connectivity index (χ4v) is 4.48. The lowest BCUT2D eigenvalue weighted by molar-refractivity contribution is 0.148. The normalized spacial score (nSPS) is 16.6. The zero-order valence-electron chi connectivity index (χ0n) is 20.9. The van der Waals surface area contributed by atoms with E-state index in [4.69, 9.17) is 4.98 Å². The first kappa shape index (κ1) is 22.7. The van der Waals surface area contributed by atoms with Crippen LogP contribution in [0.5, 0.6) is 0 Å². The van der Waals surface area contributed by atoms with Crippen molar-refractivity contribution in [3.63, 3.8) is 0 Å². The third-order valence-corrected chi connectivity index (χ3v) is 6.96. The summed E-state index contributed by atoms with van der Waals surface area (Å²) in [6, 6.07) is 13.4. The van der Waals surface area contributed by atoms with Crippen LogP contribution in [0.3, 0.4) is 0 Å². The second kappa shape index (κ2) is 9.73. The number of rotatable bonds is 5. The predicted octanol–water partition coefficient (Wildman–Crippen LogP) is 4.05. The molecule has 4 aromatic rings. The maximum Gasteiger partial charge on any atom is 0.222 e. The molecule has 0 unspecified atom stereocenters. The molecule has 1 aliphatic heterocycles. The molecule has 7 nitrogen and oxygen atoms in total. The number of nitrogens with one attached hydrogen (secondary N) is 2. The number of imidazole rings is 1. The predicted molar refractivity (Wildman–Crippen MR) is 144 cm³/mol. The van der Waals surface area contributed by atoms with Crippen molar-refractivity contribution in [1.29, 1.82) is 0 Å². The molecule has 2 N–H and O–H groups in total. The van der Waals surface area contributed by atoms with E-state index >= 15 is 0 Å². The third-order valence-electron chi connectivity index (χ3n) is 6.96. The van der Waals surface area contributed by atoms with Gasteiger partial charge in [-0.3, -0.25) is 4.90 Å². The average Bonchev–Trinajstić information content (AvgIpc) is 3.61. The number of H-pyrrole nitrogens is 1. The molecule has 2 aromatic carbocycles. The quantitative estimate of drug-likeness (QED) is 0.423. The number of nitrogens with zero attached hydrogens (tertiary/aromatic N) is 5. The molecule has 0 amide bonds. The van der Waals surface area contributed by atoms with Crippen LogP contribution in [-0.2, 0) is 6.54 Å². The Morgan fingerprint density at radius 2 is 1.81 bits per heavy atom. The summed E-state index contributed by atoms with van der Waals surface area (Å²) in [7, 11) is 2.19. The molecule has 2 fully saturated rings. The van der Waals surface area contributed by atoms with Gasteiger partial charge in [0.2, 0.25) is 5.95 Å². The van der Waals surface area contributed by atoms with E-state index in [-0.39, 0.29) is 0 Å². The highest BCUT2D eigenvalue weighted by Crippen LogP contribution is 2.24. The lowest BCUT2D eigenvalue weighted by atomic mass is 10.0. The van der Waals surface area contributed by atoms with E-state index in [9.17, 15) is 0 Å². The topological polar surface area (TPSA) is 73.0 Å². The molecule has 6 rings (SSSR count). The maximum absolute atomic E-state index is 4.86. The minimum absolute atomic E-state index is 0.536. The lowest BCUT2D eigenvalue weighted by Crippen LogP contribution is -2.43. The van der Waals surface area contributed by atoms with Crippen molar-refractivity contribution in [2.75, 3.05) is 38.5 Å². The van der Waals surface area contributed by atoms with Gasteiger partial charge in [0, 0.05) is 62.3 Å². The summed E-state index contributed by atoms with van der Waals surface area (Å²) in [4.78, 5) is 22.1. The van der Waals surface area contributed by atoms with Gasteiger partial charge in [-0.25, -0.2) is 15.0 Å². The Labute approximate surface area is 212 Å². The van der Waals surface area contributed by atoms with Gasteiger partial charge in [-0.05, 0) is 56.1 Å². The zero-order valence-corrected chi connectivity index (χ0v) is 20.9. The van der Waals surface area contributed by atoms with Crippen LogP contribution >= 0.6 is 0 Å². The van der Waals surface area contributed by atoms with Crippen LogP contribution in [0.1, 0.15) is 35.1 Å². The molecule has 182 valence electrons. The number of hydrogen-bond acceptors (Lipinski definition) is 6. The number of anilines is 1. The second-order valence-corrected chi connectivity index (χ2v) is 10.0. The second-order valence-electron chi connectivity index (χ2n) is 10.0. The highest BCUT2D eigenvalue weighted by atomic mass is 15.2. The molecular formula is C29H31N7. The van der Waals surface area contributed by atoms with Gasteiger partial charge in [0.15, 0.2) is 0 Å². The number of piperazine rings is 1. The van der Waals surface area contributed by atoms with Gasteiger partial charge >= 0.3 is 0 Å². The van der Waals surface area contributed by atoms with E-state index in [1.54, 1.807) is 12.4 Å². The van der Waals surface area contributed by atoms with Crippen molar-refractivity contribution < 1.29 is 0 Å². The third kappa shape index (κ3) is 5.25. The smallest absolute Gasteiger partial charge is 0.222 e. The number of aromatic amines is 1. The van der Waals surface area contributed by atoms with E-state index in [1.165, 1.54) is 18.4 Å². The highest BCUT2D eigenvalue weighted by Gasteiger charge is 2.21. The molecule has 1 saturated carbocycles. The fraction of sp³-hybridized carbons (Fsp3) is 0.345. The number of benzene rings is 2. The van der Waals surface area contributed by atoms with Gasteiger partial charge in [-0.1, -0.05) is 30.0 Å². The van der Waals surface area contributed by atoms with Crippen LogP contribution < -0.4 is 5.32 Å². The first-order valence-electron chi connectivity index (χ1n) is 12.7. The largest absolute Gasteiger partial charge is 0.351 e. The van der Waals surface area contributed by atoms with Gasteiger partial charge in [-0.2, -0.15) is 0 Å². The Hall–Kier alpha value is -3.73. The molecule has 1 saturated heterocycles. The van der Waals surface area contributed by atoms with E-state index in [0.717, 1.165) is 71.8 Å². The van der Waals surface area contributed by atoms with Crippen LogP contribution in [0.25, 0.3) is 22.4 Å². The van der Waals surface area contributed by atoms with Gasteiger partial charge in [0.05, 0.1) is 16.6 Å². The fourth-order valence-electron chi connectivity index (χ4n) is 4.48. The van der Waals surface area contributed by atoms with Crippen molar-refractivity contribution in [2.24, 2.45) is 0 Å². The minimum atomic E-state index is 0.536.